The number of aromatic carboxylic acids is 1. The molecule has 0 atom stereocenters. The first-order valence-corrected chi connectivity index (χ1v) is 7.40. The van der Waals surface area contributed by atoms with Crippen LogP contribution in [0.4, 0.5) is 5.69 Å². The molecule has 1 aromatic heterocycles. The van der Waals surface area contributed by atoms with Gasteiger partial charge >= 0.3 is 5.97 Å². The summed E-state index contributed by atoms with van der Waals surface area (Å²) in [5, 5.41) is 14.6. The Labute approximate surface area is 127 Å². The van der Waals surface area contributed by atoms with Crippen LogP contribution in [0.1, 0.15) is 15.2 Å². The van der Waals surface area contributed by atoms with Crippen LogP contribution in [0.3, 0.4) is 0 Å². The smallest absolute Gasteiger partial charge is 0.346 e. The maximum atomic E-state index is 11.0. The highest BCUT2D eigenvalue weighted by atomic mass is 127. The summed E-state index contributed by atoms with van der Waals surface area (Å²) in [6.45, 7) is 0.450. The highest BCUT2D eigenvalue weighted by molar-refractivity contribution is 14.1. The Morgan fingerprint density at radius 3 is 2.89 bits per heavy atom. The van der Waals surface area contributed by atoms with E-state index in [2.05, 4.69) is 27.9 Å². The first kappa shape index (κ1) is 13.6. The molecular formula is C12H9ClINO2S. The van der Waals surface area contributed by atoms with Gasteiger partial charge in [0, 0.05) is 10.1 Å². The van der Waals surface area contributed by atoms with Crippen molar-refractivity contribution in [1.82, 2.24) is 0 Å². The molecule has 2 rings (SSSR count). The molecule has 0 radical (unpaired) electrons. The van der Waals surface area contributed by atoms with E-state index in [1.165, 1.54) is 11.3 Å². The van der Waals surface area contributed by atoms with Crippen LogP contribution < -0.4 is 5.32 Å². The van der Waals surface area contributed by atoms with E-state index in [0.29, 0.717) is 16.4 Å². The molecule has 0 amide bonds. The van der Waals surface area contributed by atoms with Crippen molar-refractivity contribution in [2.45, 2.75) is 6.54 Å². The molecule has 1 heterocycles. The third kappa shape index (κ3) is 3.15. The van der Waals surface area contributed by atoms with Gasteiger partial charge in [0.05, 0.1) is 10.7 Å². The monoisotopic (exact) mass is 393 g/mol. The van der Waals surface area contributed by atoms with Crippen LogP contribution >= 0.6 is 45.5 Å². The fourth-order valence-electron chi connectivity index (χ4n) is 1.49. The molecule has 6 heteroatoms. The van der Waals surface area contributed by atoms with E-state index in [0.717, 1.165) is 14.8 Å². The summed E-state index contributed by atoms with van der Waals surface area (Å²) in [7, 11) is 0. The number of thiophene rings is 1. The van der Waals surface area contributed by atoms with Crippen LogP contribution in [-0.2, 0) is 6.54 Å². The van der Waals surface area contributed by atoms with Crippen LogP contribution in [0.5, 0.6) is 0 Å². The fraction of sp³-hybridized carbons (Fsp3) is 0.0833. The predicted octanol–water partition coefficient (Wildman–Crippen LogP) is 4.32. The third-order valence-electron chi connectivity index (χ3n) is 2.34. The zero-order chi connectivity index (χ0) is 13.1. The van der Waals surface area contributed by atoms with E-state index in [1.54, 1.807) is 5.38 Å². The van der Waals surface area contributed by atoms with Crippen molar-refractivity contribution in [3.8, 4) is 0 Å². The van der Waals surface area contributed by atoms with Gasteiger partial charge in [0.1, 0.15) is 4.88 Å². The summed E-state index contributed by atoms with van der Waals surface area (Å²) in [4.78, 5) is 11.3. The molecule has 0 aliphatic heterocycles. The van der Waals surface area contributed by atoms with Gasteiger partial charge in [-0.2, -0.15) is 0 Å². The Morgan fingerprint density at radius 2 is 2.22 bits per heavy atom. The molecule has 0 saturated carbocycles. The van der Waals surface area contributed by atoms with E-state index in [-0.39, 0.29) is 0 Å². The molecule has 0 aliphatic carbocycles. The summed E-state index contributed by atoms with van der Waals surface area (Å²) >= 11 is 9.50. The molecule has 2 N–H and O–H groups in total. The van der Waals surface area contributed by atoms with Crippen molar-refractivity contribution >= 4 is 57.2 Å². The van der Waals surface area contributed by atoms with Gasteiger partial charge in [-0.05, 0) is 57.8 Å². The van der Waals surface area contributed by atoms with Crippen molar-refractivity contribution in [3.05, 3.63) is 48.7 Å². The van der Waals surface area contributed by atoms with Crippen molar-refractivity contribution in [2.75, 3.05) is 5.32 Å². The minimum atomic E-state index is -0.893. The molecule has 0 spiro atoms. The summed E-state index contributed by atoms with van der Waals surface area (Å²) < 4.78 is 1.06. The largest absolute Gasteiger partial charge is 0.477 e. The first-order chi connectivity index (χ1) is 8.58. The zero-order valence-electron chi connectivity index (χ0n) is 9.11. The number of carbonyl (C=O) groups is 1. The van der Waals surface area contributed by atoms with E-state index in [1.807, 2.05) is 24.3 Å². The number of halogens is 2. The van der Waals surface area contributed by atoms with Gasteiger partial charge in [0.25, 0.3) is 0 Å². The molecule has 1 aromatic carbocycles. The molecule has 94 valence electrons. The van der Waals surface area contributed by atoms with Crippen molar-refractivity contribution in [1.29, 1.82) is 0 Å². The standard InChI is InChI=1S/C12H9ClINO2S/c13-9-5-8(14)1-2-10(9)15-6-7-3-4-18-11(7)12(16)17/h1-5,15H,6H2,(H,16,17). The third-order valence-corrected chi connectivity index (χ3v) is 4.27. The normalized spacial score (nSPS) is 10.3. The second-order valence-corrected chi connectivity index (χ2v) is 6.13. The molecule has 0 saturated heterocycles. The van der Waals surface area contributed by atoms with Crippen LogP contribution in [-0.4, -0.2) is 11.1 Å². The first-order valence-electron chi connectivity index (χ1n) is 5.06. The molecule has 0 unspecified atom stereocenters. The highest BCUT2D eigenvalue weighted by Crippen LogP contribution is 2.25. The van der Waals surface area contributed by atoms with Crippen LogP contribution in [0.15, 0.2) is 29.6 Å². The van der Waals surface area contributed by atoms with Gasteiger partial charge in [-0.1, -0.05) is 11.6 Å². The predicted molar refractivity (Wildman–Crippen MR) is 82.8 cm³/mol. The topological polar surface area (TPSA) is 49.3 Å². The lowest BCUT2D eigenvalue weighted by molar-refractivity contribution is 0.0701. The Balaban J connectivity index is 2.11. The van der Waals surface area contributed by atoms with Gasteiger partial charge in [-0.15, -0.1) is 11.3 Å². The number of carboxylic acids is 1. The van der Waals surface area contributed by atoms with E-state index in [9.17, 15) is 4.79 Å². The summed E-state index contributed by atoms with van der Waals surface area (Å²) in [5.41, 5.74) is 1.57. The lowest BCUT2D eigenvalue weighted by Crippen LogP contribution is -2.04. The van der Waals surface area contributed by atoms with Gasteiger partial charge in [0.2, 0.25) is 0 Å². The maximum absolute atomic E-state index is 11.0. The van der Waals surface area contributed by atoms with E-state index >= 15 is 0 Å². The molecular weight excluding hydrogens is 385 g/mol. The quantitative estimate of drug-likeness (QED) is 0.761. The Morgan fingerprint density at radius 1 is 1.44 bits per heavy atom. The Hall–Kier alpha value is -0.790. The number of benzene rings is 1. The lowest BCUT2D eigenvalue weighted by Gasteiger charge is -2.08. The molecule has 2 aromatic rings. The number of nitrogens with one attached hydrogen (secondary N) is 1. The number of anilines is 1. The second kappa shape index (κ2) is 5.90. The summed E-state index contributed by atoms with van der Waals surface area (Å²) in [6.07, 6.45) is 0. The number of carboxylic acid groups (broad SMARTS) is 1. The zero-order valence-corrected chi connectivity index (χ0v) is 12.8. The average molecular weight is 394 g/mol. The van der Waals surface area contributed by atoms with Gasteiger partial charge in [-0.25, -0.2) is 4.79 Å². The SMILES string of the molecule is O=C(O)c1sccc1CNc1ccc(I)cc1Cl. The van der Waals surface area contributed by atoms with Crippen LogP contribution in [0.2, 0.25) is 5.02 Å². The molecule has 0 fully saturated rings. The molecule has 0 aliphatic rings. The minimum Gasteiger partial charge on any atom is -0.477 e. The van der Waals surface area contributed by atoms with Gasteiger partial charge in [-0.3, -0.25) is 0 Å². The van der Waals surface area contributed by atoms with Crippen molar-refractivity contribution in [2.24, 2.45) is 0 Å². The molecule has 18 heavy (non-hydrogen) atoms. The van der Waals surface area contributed by atoms with E-state index < -0.39 is 5.97 Å². The summed E-state index contributed by atoms with van der Waals surface area (Å²) in [5.74, 6) is -0.893. The Bertz CT molecular complexity index is 585. The maximum Gasteiger partial charge on any atom is 0.346 e. The van der Waals surface area contributed by atoms with Gasteiger partial charge < -0.3 is 10.4 Å². The summed E-state index contributed by atoms with van der Waals surface area (Å²) in [6, 6.07) is 7.50. The fourth-order valence-corrected chi connectivity index (χ4v) is 3.17. The van der Waals surface area contributed by atoms with Gasteiger partial charge in [0.15, 0.2) is 0 Å². The lowest BCUT2D eigenvalue weighted by atomic mass is 10.2. The Kier molecular flexibility index (Phi) is 4.47. The number of rotatable bonds is 4. The number of hydrogen-bond donors (Lipinski definition) is 2. The van der Waals surface area contributed by atoms with Crippen LogP contribution in [0.25, 0.3) is 0 Å². The van der Waals surface area contributed by atoms with E-state index in [4.69, 9.17) is 16.7 Å². The van der Waals surface area contributed by atoms with Crippen molar-refractivity contribution in [3.63, 3.8) is 0 Å². The molecule has 3 nitrogen and oxygen atoms in total. The van der Waals surface area contributed by atoms with Crippen molar-refractivity contribution < 1.29 is 9.90 Å². The second-order valence-electron chi connectivity index (χ2n) is 3.56. The average Bonchev–Trinajstić information content (AvgIpc) is 2.76. The van der Waals surface area contributed by atoms with Crippen LogP contribution in [0, 0.1) is 3.57 Å². The highest BCUT2D eigenvalue weighted by Gasteiger charge is 2.11. The number of hydrogen-bond acceptors (Lipinski definition) is 3. The molecule has 0 bridgehead atoms. The minimum absolute atomic E-state index is 0.365.